The molecule has 0 spiro atoms. The molecular weight excluding hydrogens is 314 g/mol. The minimum absolute atomic E-state index is 0. The normalized spacial score (nSPS) is 11.2. The molecule has 3 heteroatoms. The van der Waals surface area contributed by atoms with E-state index in [1.807, 2.05) is 85.1 Å². The number of rotatable bonds is 4. The first-order chi connectivity index (χ1) is 10.4. The fourth-order valence-corrected chi connectivity index (χ4v) is 1.78. The van der Waals surface area contributed by atoms with Crippen molar-refractivity contribution in [3.63, 3.8) is 0 Å². The predicted octanol–water partition coefficient (Wildman–Crippen LogP) is 4.98. The summed E-state index contributed by atoms with van der Waals surface area (Å²) in [4.78, 5) is 0. The minimum Gasteiger partial charge on any atom is -0.686 e. The van der Waals surface area contributed by atoms with Crippen LogP contribution in [0.3, 0.4) is 0 Å². The van der Waals surface area contributed by atoms with Gasteiger partial charge in [0.2, 0.25) is 0 Å². The molecule has 3 rings (SSSR count). The number of allylic oxidation sites excluding steroid dienone is 5. The summed E-state index contributed by atoms with van der Waals surface area (Å²) in [5.74, 6) is 0.878. The first-order valence-electron chi connectivity index (χ1n) is 6.89. The molecule has 0 atom stereocenters. The first kappa shape index (κ1) is 18.0. The van der Waals surface area contributed by atoms with Crippen LogP contribution in [0.1, 0.15) is 5.56 Å². The van der Waals surface area contributed by atoms with Gasteiger partial charge in [0.25, 0.3) is 0 Å². The van der Waals surface area contributed by atoms with Crippen molar-refractivity contribution in [3.05, 3.63) is 102 Å². The number of hydrogen-bond donors (Lipinski definition) is 0. The number of methoxy groups -OCH3 is 1. The van der Waals surface area contributed by atoms with Crippen molar-refractivity contribution in [1.82, 2.24) is 0 Å². The second kappa shape index (κ2) is 10.6. The Hall–Kier alpha value is -2.09. The molecule has 2 aromatic rings. The van der Waals surface area contributed by atoms with E-state index >= 15 is 0 Å². The Balaban J connectivity index is 0.000000344. The third-order valence-corrected chi connectivity index (χ3v) is 2.92. The Labute approximate surface area is 143 Å². The van der Waals surface area contributed by atoms with Gasteiger partial charge in [-0.05, 0) is 17.7 Å². The average molecular weight is 333 g/mol. The molecule has 0 unspecified atom stereocenters. The van der Waals surface area contributed by atoms with Crippen molar-refractivity contribution < 1.29 is 21.8 Å². The molecule has 22 heavy (non-hydrogen) atoms. The van der Waals surface area contributed by atoms with Crippen LogP contribution < -0.4 is 4.74 Å². The van der Waals surface area contributed by atoms with Gasteiger partial charge in [0.05, 0.1) is 7.11 Å². The van der Waals surface area contributed by atoms with Crippen LogP contribution in [-0.4, -0.2) is 7.11 Å². The standard InChI is InChI=1S/C14H14NO.C5H5.Fe/c1-16-14-8-6-13(7-9-14)11-15-10-12-4-2-3-5-12;1-2-4-5-3-1;/h2-10H,11H2,1H3;1-5H;/q2*-1;+2. The van der Waals surface area contributed by atoms with Crippen LogP contribution in [0, 0.1) is 0 Å². The molecule has 2 nitrogen and oxygen atoms in total. The molecule has 0 amide bonds. The van der Waals surface area contributed by atoms with E-state index in [1.165, 1.54) is 5.56 Å². The predicted molar refractivity (Wildman–Crippen MR) is 88.5 cm³/mol. The molecule has 1 aliphatic carbocycles. The molecule has 0 saturated heterocycles. The number of hydrogen-bond acceptors (Lipinski definition) is 1. The smallest absolute Gasteiger partial charge is 0.686 e. The molecule has 0 saturated carbocycles. The van der Waals surface area contributed by atoms with Crippen molar-refractivity contribution >= 4 is 0 Å². The van der Waals surface area contributed by atoms with Crippen LogP contribution in [0.5, 0.6) is 5.75 Å². The van der Waals surface area contributed by atoms with Gasteiger partial charge in [-0.15, -0.1) is 6.54 Å². The van der Waals surface area contributed by atoms with Crippen LogP contribution >= 0.6 is 0 Å². The maximum absolute atomic E-state index is 5.09. The Morgan fingerprint density at radius 2 is 1.68 bits per heavy atom. The van der Waals surface area contributed by atoms with E-state index < -0.39 is 0 Å². The monoisotopic (exact) mass is 333 g/mol. The first-order valence-corrected chi connectivity index (χ1v) is 6.89. The maximum Gasteiger partial charge on any atom is 2.00 e. The third-order valence-electron chi connectivity index (χ3n) is 2.92. The zero-order valence-electron chi connectivity index (χ0n) is 12.5. The van der Waals surface area contributed by atoms with E-state index in [9.17, 15) is 0 Å². The van der Waals surface area contributed by atoms with Gasteiger partial charge in [0.1, 0.15) is 5.75 Å². The second-order valence-electron chi connectivity index (χ2n) is 4.50. The Morgan fingerprint density at radius 3 is 2.18 bits per heavy atom. The summed E-state index contributed by atoms with van der Waals surface area (Å²) in [5.41, 5.74) is 2.33. The van der Waals surface area contributed by atoms with Crippen molar-refractivity contribution in [1.29, 1.82) is 0 Å². The SMILES string of the molecule is COc1ccc(C[N-]C=C2C=CC=C2)cc1.[Fe+2].c1cc[cH-]c1. The Bertz CT molecular complexity index is 564. The maximum atomic E-state index is 5.09. The Morgan fingerprint density at radius 1 is 1.05 bits per heavy atom. The van der Waals surface area contributed by atoms with E-state index in [0.29, 0.717) is 6.54 Å². The van der Waals surface area contributed by atoms with Crippen molar-refractivity contribution in [3.8, 4) is 5.75 Å². The topological polar surface area (TPSA) is 23.3 Å². The molecule has 1 aliphatic rings. The molecular formula is C19H19FeNO. The second-order valence-corrected chi connectivity index (χ2v) is 4.50. The number of benzene rings is 1. The summed E-state index contributed by atoms with van der Waals surface area (Å²) in [6, 6.07) is 18.0. The van der Waals surface area contributed by atoms with Gasteiger partial charge in [-0.25, -0.2) is 12.1 Å². The van der Waals surface area contributed by atoms with Gasteiger partial charge in [0.15, 0.2) is 0 Å². The minimum atomic E-state index is 0. The largest absolute Gasteiger partial charge is 2.00 e. The Kier molecular flexibility index (Phi) is 8.66. The van der Waals surface area contributed by atoms with Crippen molar-refractivity contribution in [2.24, 2.45) is 0 Å². The van der Waals surface area contributed by atoms with Crippen LogP contribution in [0.15, 0.2) is 90.7 Å². The van der Waals surface area contributed by atoms with Crippen LogP contribution in [-0.2, 0) is 23.6 Å². The molecule has 0 heterocycles. The van der Waals surface area contributed by atoms with E-state index in [1.54, 1.807) is 7.11 Å². The van der Waals surface area contributed by atoms with E-state index in [0.717, 1.165) is 11.3 Å². The zero-order chi connectivity index (χ0) is 14.8. The van der Waals surface area contributed by atoms with Gasteiger partial charge in [-0.2, -0.15) is 24.4 Å². The summed E-state index contributed by atoms with van der Waals surface area (Å²) < 4.78 is 5.09. The van der Waals surface area contributed by atoms with E-state index in [4.69, 9.17) is 4.74 Å². The third kappa shape index (κ3) is 6.57. The molecule has 0 fully saturated rings. The fraction of sp³-hybridized carbons (Fsp3) is 0.105. The average Bonchev–Trinajstić information content (AvgIpc) is 3.24. The summed E-state index contributed by atoms with van der Waals surface area (Å²) in [7, 11) is 1.67. The summed E-state index contributed by atoms with van der Waals surface area (Å²) in [5, 5.41) is 4.37. The van der Waals surface area contributed by atoms with Gasteiger partial charge < -0.3 is 10.1 Å². The van der Waals surface area contributed by atoms with Gasteiger partial charge in [0, 0.05) is 0 Å². The summed E-state index contributed by atoms with van der Waals surface area (Å²) in [6.07, 6.45) is 9.99. The van der Waals surface area contributed by atoms with E-state index in [2.05, 4.69) is 5.32 Å². The molecule has 0 bridgehead atoms. The van der Waals surface area contributed by atoms with Gasteiger partial charge >= 0.3 is 17.1 Å². The fourth-order valence-electron chi connectivity index (χ4n) is 1.78. The van der Waals surface area contributed by atoms with Crippen LogP contribution in [0.2, 0.25) is 0 Å². The molecule has 0 N–H and O–H groups in total. The molecule has 0 aliphatic heterocycles. The quantitative estimate of drug-likeness (QED) is 0.572. The molecule has 0 radical (unpaired) electrons. The molecule has 0 aromatic heterocycles. The summed E-state index contributed by atoms with van der Waals surface area (Å²) in [6.45, 7) is 0.704. The van der Waals surface area contributed by atoms with Crippen molar-refractivity contribution in [2.45, 2.75) is 6.54 Å². The summed E-state index contributed by atoms with van der Waals surface area (Å²) >= 11 is 0. The van der Waals surface area contributed by atoms with E-state index in [-0.39, 0.29) is 17.1 Å². The van der Waals surface area contributed by atoms with Gasteiger partial charge in [-0.3, -0.25) is 0 Å². The van der Waals surface area contributed by atoms with Gasteiger partial charge in [-0.1, -0.05) is 42.0 Å². The number of nitrogens with zero attached hydrogens (tertiary/aromatic N) is 1. The zero-order valence-corrected chi connectivity index (χ0v) is 13.6. The number of ether oxygens (including phenoxy) is 1. The van der Waals surface area contributed by atoms with Crippen LogP contribution in [0.25, 0.3) is 5.32 Å². The molecule has 114 valence electrons. The van der Waals surface area contributed by atoms with Crippen molar-refractivity contribution in [2.75, 3.05) is 7.11 Å². The van der Waals surface area contributed by atoms with Crippen LogP contribution in [0.4, 0.5) is 0 Å². The molecule has 2 aromatic carbocycles.